The molecule has 0 saturated heterocycles. The van der Waals surface area contributed by atoms with Gasteiger partial charge in [-0.1, -0.05) is 59.6 Å². The van der Waals surface area contributed by atoms with Crippen molar-refractivity contribution >= 4 is 17.5 Å². The van der Waals surface area contributed by atoms with E-state index in [1.807, 2.05) is 67.6 Å². The molecule has 0 bridgehead atoms. The van der Waals surface area contributed by atoms with Crippen LogP contribution in [0.25, 0.3) is 11.5 Å². The smallest absolute Gasteiger partial charge is 0.252 e. The van der Waals surface area contributed by atoms with Crippen LogP contribution >= 0.6 is 11.6 Å². The second-order valence-electron chi connectivity index (χ2n) is 6.64. The van der Waals surface area contributed by atoms with Crippen molar-refractivity contribution in [3.63, 3.8) is 0 Å². The molecule has 0 aliphatic rings. The van der Waals surface area contributed by atoms with Crippen LogP contribution in [0.3, 0.4) is 0 Å². The summed E-state index contributed by atoms with van der Waals surface area (Å²) in [6.07, 6.45) is 0. The average molecular weight is 404 g/mol. The highest BCUT2D eigenvalue weighted by Gasteiger charge is 2.24. The van der Waals surface area contributed by atoms with E-state index in [0.717, 1.165) is 16.7 Å². The van der Waals surface area contributed by atoms with Gasteiger partial charge < -0.3 is 9.73 Å². The molecule has 144 valence electrons. The molecule has 1 heterocycles. The molecule has 0 spiro atoms. The zero-order valence-electron chi connectivity index (χ0n) is 15.7. The third-order valence-electron chi connectivity index (χ3n) is 4.47. The largest absolute Gasteiger partial charge is 0.418 e. The molecule has 0 unspecified atom stereocenters. The minimum absolute atomic E-state index is 0.214. The van der Waals surface area contributed by atoms with Gasteiger partial charge in [0, 0.05) is 16.1 Å². The van der Waals surface area contributed by atoms with E-state index in [1.54, 1.807) is 18.2 Å². The molecule has 4 aromatic rings. The lowest BCUT2D eigenvalue weighted by molar-refractivity contribution is 0.0938. The van der Waals surface area contributed by atoms with Gasteiger partial charge in [0.05, 0.1) is 0 Å². The molecule has 1 atom stereocenters. The van der Waals surface area contributed by atoms with Crippen LogP contribution in [0.4, 0.5) is 0 Å². The lowest BCUT2D eigenvalue weighted by Gasteiger charge is -2.16. The molecule has 1 N–H and O–H groups in total. The van der Waals surface area contributed by atoms with Crippen LogP contribution in [0.5, 0.6) is 0 Å². The van der Waals surface area contributed by atoms with Crippen LogP contribution < -0.4 is 5.32 Å². The molecule has 1 amide bonds. The summed E-state index contributed by atoms with van der Waals surface area (Å²) in [6, 6.07) is 23.5. The Bertz CT molecular complexity index is 1120. The predicted octanol–water partition coefficient (Wildman–Crippen LogP) is 5.22. The van der Waals surface area contributed by atoms with Gasteiger partial charge >= 0.3 is 0 Å². The molecule has 0 aliphatic carbocycles. The number of carbonyl (C=O) groups is 1. The van der Waals surface area contributed by atoms with E-state index in [9.17, 15) is 4.79 Å². The summed E-state index contributed by atoms with van der Waals surface area (Å²) in [6.45, 7) is 1.95. The Morgan fingerprint density at radius 3 is 2.45 bits per heavy atom. The Morgan fingerprint density at radius 2 is 1.72 bits per heavy atom. The molecular weight excluding hydrogens is 386 g/mol. The van der Waals surface area contributed by atoms with Gasteiger partial charge in [0.15, 0.2) is 0 Å². The average Bonchev–Trinajstić information content (AvgIpc) is 3.23. The van der Waals surface area contributed by atoms with Crippen LogP contribution in [0.2, 0.25) is 5.02 Å². The number of carbonyl (C=O) groups excluding carboxylic acids is 1. The highest BCUT2D eigenvalue weighted by Crippen LogP contribution is 2.26. The van der Waals surface area contributed by atoms with Crippen LogP contribution in [-0.2, 0) is 0 Å². The SMILES string of the molecule is Cc1cccc(C(=O)N[C@@H](c2ccccc2)c2nnc(-c3ccc(Cl)cc3)o2)c1. The first-order valence-electron chi connectivity index (χ1n) is 9.12. The number of rotatable bonds is 5. The molecule has 0 fully saturated rings. The maximum Gasteiger partial charge on any atom is 0.252 e. The van der Waals surface area contributed by atoms with Gasteiger partial charge in [0.25, 0.3) is 5.91 Å². The van der Waals surface area contributed by atoms with Crippen molar-refractivity contribution in [3.05, 3.63) is 106 Å². The summed E-state index contributed by atoms with van der Waals surface area (Å²) < 4.78 is 5.91. The summed E-state index contributed by atoms with van der Waals surface area (Å²) in [4.78, 5) is 12.9. The lowest BCUT2D eigenvalue weighted by atomic mass is 10.1. The van der Waals surface area contributed by atoms with E-state index in [4.69, 9.17) is 16.0 Å². The second kappa shape index (κ2) is 8.29. The first-order chi connectivity index (χ1) is 14.1. The first-order valence-corrected chi connectivity index (χ1v) is 9.50. The Morgan fingerprint density at radius 1 is 0.966 bits per heavy atom. The first kappa shape index (κ1) is 18.9. The predicted molar refractivity (Wildman–Crippen MR) is 112 cm³/mol. The van der Waals surface area contributed by atoms with E-state index >= 15 is 0 Å². The lowest BCUT2D eigenvalue weighted by Crippen LogP contribution is -2.29. The fourth-order valence-electron chi connectivity index (χ4n) is 2.99. The molecule has 4 rings (SSSR count). The third-order valence-corrected chi connectivity index (χ3v) is 4.72. The van der Waals surface area contributed by atoms with Crippen LogP contribution in [-0.4, -0.2) is 16.1 Å². The Kier molecular flexibility index (Phi) is 5.40. The third kappa shape index (κ3) is 4.36. The topological polar surface area (TPSA) is 68.0 Å². The molecule has 0 aliphatic heterocycles. The highest BCUT2D eigenvalue weighted by molar-refractivity contribution is 6.30. The van der Waals surface area contributed by atoms with E-state index in [-0.39, 0.29) is 5.91 Å². The van der Waals surface area contributed by atoms with Crippen LogP contribution in [0.1, 0.15) is 33.4 Å². The monoisotopic (exact) mass is 403 g/mol. The zero-order chi connectivity index (χ0) is 20.2. The maximum absolute atomic E-state index is 12.9. The summed E-state index contributed by atoms with van der Waals surface area (Å²) in [7, 11) is 0. The van der Waals surface area contributed by atoms with Crippen molar-refractivity contribution in [2.24, 2.45) is 0 Å². The van der Waals surface area contributed by atoms with Gasteiger partial charge in [-0.2, -0.15) is 0 Å². The molecule has 3 aromatic carbocycles. The number of amides is 1. The quantitative estimate of drug-likeness (QED) is 0.496. The standard InChI is InChI=1S/C23H18ClN3O2/c1-15-6-5-9-18(14-15)21(28)25-20(16-7-3-2-4-8-16)23-27-26-22(29-23)17-10-12-19(24)13-11-17/h2-14,20H,1H3,(H,25,28)/t20-/m0/s1. The van der Waals surface area contributed by atoms with Gasteiger partial charge in [-0.05, 0) is 48.9 Å². The van der Waals surface area contributed by atoms with Crippen molar-refractivity contribution in [1.29, 1.82) is 0 Å². The van der Waals surface area contributed by atoms with Crippen LogP contribution in [0.15, 0.2) is 83.3 Å². The molecule has 29 heavy (non-hydrogen) atoms. The number of hydrogen-bond acceptors (Lipinski definition) is 4. The number of nitrogens with one attached hydrogen (secondary N) is 1. The number of benzene rings is 3. The summed E-state index contributed by atoms with van der Waals surface area (Å²) in [5.41, 5.74) is 3.19. The fourth-order valence-corrected chi connectivity index (χ4v) is 3.12. The van der Waals surface area contributed by atoms with Gasteiger partial charge in [0.2, 0.25) is 11.8 Å². The second-order valence-corrected chi connectivity index (χ2v) is 7.08. The molecule has 6 heteroatoms. The number of hydrogen-bond donors (Lipinski definition) is 1. The number of aryl methyl sites for hydroxylation is 1. The van der Waals surface area contributed by atoms with Crippen molar-refractivity contribution in [1.82, 2.24) is 15.5 Å². The minimum Gasteiger partial charge on any atom is -0.418 e. The van der Waals surface area contributed by atoms with Gasteiger partial charge in [-0.25, -0.2) is 0 Å². The number of halogens is 1. The maximum atomic E-state index is 12.9. The van der Waals surface area contributed by atoms with Gasteiger partial charge in [-0.3, -0.25) is 4.79 Å². The molecule has 0 saturated carbocycles. The molecule has 0 radical (unpaired) electrons. The number of aromatic nitrogens is 2. The van der Waals surface area contributed by atoms with Crippen molar-refractivity contribution in [2.75, 3.05) is 0 Å². The Hall–Kier alpha value is -3.44. The van der Waals surface area contributed by atoms with E-state index in [0.29, 0.717) is 22.4 Å². The highest BCUT2D eigenvalue weighted by atomic mass is 35.5. The van der Waals surface area contributed by atoms with E-state index in [2.05, 4.69) is 15.5 Å². The molecular formula is C23H18ClN3O2. The van der Waals surface area contributed by atoms with Crippen molar-refractivity contribution in [2.45, 2.75) is 13.0 Å². The zero-order valence-corrected chi connectivity index (χ0v) is 16.4. The van der Waals surface area contributed by atoms with Gasteiger partial charge in [0.1, 0.15) is 6.04 Å². The van der Waals surface area contributed by atoms with Crippen molar-refractivity contribution in [3.8, 4) is 11.5 Å². The summed E-state index contributed by atoms with van der Waals surface area (Å²) in [5, 5.41) is 12.0. The van der Waals surface area contributed by atoms with E-state index in [1.165, 1.54) is 0 Å². The Balaban J connectivity index is 1.66. The molecule has 5 nitrogen and oxygen atoms in total. The van der Waals surface area contributed by atoms with Gasteiger partial charge in [-0.15, -0.1) is 10.2 Å². The number of nitrogens with zero attached hydrogens (tertiary/aromatic N) is 2. The minimum atomic E-state index is -0.572. The summed E-state index contributed by atoms with van der Waals surface area (Å²) >= 11 is 5.95. The van der Waals surface area contributed by atoms with Crippen molar-refractivity contribution < 1.29 is 9.21 Å². The summed E-state index contributed by atoms with van der Waals surface area (Å²) in [5.74, 6) is 0.457. The normalized spacial score (nSPS) is 11.8. The molecule has 1 aromatic heterocycles. The fraction of sp³-hybridized carbons (Fsp3) is 0.0870. The van der Waals surface area contributed by atoms with Crippen LogP contribution in [0, 0.1) is 6.92 Å². The Labute approximate surface area is 173 Å². The van der Waals surface area contributed by atoms with E-state index < -0.39 is 6.04 Å².